The summed E-state index contributed by atoms with van der Waals surface area (Å²) in [6.45, 7) is 0. The Morgan fingerprint density at radius 3 is 2.21 bits per heavy atom. The molecular formula is C10H8Cl2N4O2S. The van der Waals surface area contributed by atoms with E-state index in [4.69, 9.17) is 23.2 Å². The van der Waals surface area contributed by atoms with Crippen molar-refractivity contribution in [3.8, 4) is 0 Å². The first-order chi connectivity index (χ1) is 8.97. The molecule has 0 bridgehead atoms. The minimum Gasteiger partial charge on any atom is -0.290 e. The van der Waals surface area contributed by atoms with Gasteiger partial charge in [0.05, 0.1) is 4.90 Å². The molecule has 0 aliphatic heterocycles. The summed E-state index contributed by atoms with van der Waals surface area (Å²) < 4.78 is 23.8. The molecule has 0 radical (unpaired) electrons. The van der Waals surface area contributed by atoms with Gasteiger partial charge in [0.2, 0.25) is 0 Å². The first kappa shape index (κ1) is 14.0. The van der Waals surface area contributed by atoms with Crippen LogP contribution in [-0.2, 0) is 10.0 Å². The van der Waals surface area contributed by atoms with Gasteiger partial charge in [-0.3, -0.25) is 5.43 Å². The number of nitrogens with zero attached hydrogens (tertiary/aromatic N) is 2. The van der Waals surface area contributed by atoms with Crippen LogP contribution in [0.15, 0.2) is 41.3 Å². The molecule has 0 amide bonds. The average molecular weight is 319 g/mol. The number of sulfonamides is 1. The summed E-state index contributed by atoms with van der Waals surface area (Å²) >= 11 is 11.2. The van der Waals surface area contributed by atoms with Crippen molar-refractivity contribution in [3.63, 3.8) is 0 Å². The third-order valence-corrected chi connectivity index (χ3v) is 3.79. The minimum absolute atomic E-state index is 0.0753. The van der Waals surface area contributed by atoms with E-state index >= 15 is 0 Å². The van der Waals surface area contributed by atoms with Gasteiger partial charge in [-0.25, -0.2) is 8.42 Å². The maximum absolute atomic E-state index is 11.9. The van der Waals surface area contributed by atoms with Gasteiger partial charge in [0.1, 0.15) is 0 Å². The summed E-state index contributed by atoms with van der Waals surface area (Å²) in [6.07, 6.45) is 0. The molecule has 1 aromatic heterocycles. The second-order valence-electron chi connectivity index (χ2n) is 3.43. The SMILES string of the molecule is O=S(=O)(NNc1ccc(Cl)nn1)c1ccc(Cl)cc1. The van der Waals surface area contributed by atoms with Gasteiger partial charge < -0.3 is 0 Å². The van der Waals surface area contributed by atoms with Gasteiger partial charge in [-0.15, -0.1) is 15.0 Å². The molecule has 2 N–H and O–H groups in total. The van der Waals surface area contributed by atoms with Crippen molar-refractivity contribution < 1.29 is 8.42 Å². The Morgan fingerprint density at radius 2 is 1.63 bits per heavy atom. The van der Waals surface area contributed by atoms with Crippen molar-refractivity contribution in [3.05, 3.63) is 46.6 Å². The molecule has 19 heavy (non-hydrogen) atoms. The number of hydrogen-bond acceptors (Lipinski definition) is 5. The predicted octanol–water partition coefficient (Wildman–Crippen LogP) is 2.09. The van der Waals surface area contributed by atoms with E-state index in [-0.39, 0.29) is 15.9 Å². The first-order valence-electron chi connectivity index (χ1n) is 5.00. The fourth-order valence-electron chi connectivity index (χ4n) is 1.17. The van der Waals surface area contributed by atoms with Crippen molar-refractivity contribution in [1.82, 2.24) is 15.0 Å². The van der Waals surface area contributed by atoms with Crippen LogP contribution in [0.5, 0.6) is 0 Å². The lowest BCUT2D eigenvalue weighted by Crippen LogP contribution is -2.30. The summed E-state index contributed by atoms with van der Waals surface area (Å²) in [6, 6.07) is 8.71. The van der Waals surface area contributed by atoms with Crippen LogP contribution >= 0.6 is 23.2 Å². The van der Waals surface area contributed by atoms with E-state index in [9.17, 15) is 8.42 Å². The third-order valence-electron chi connectivity index (χ3n) is 2.07. The number of nitrogens with one attached hydrogen (secondary N) is 2. The maximum Gasteiger partial charge on any atom is 0.257 e. The molecule has 6 nitrogen and oxygen atoms in total. The molecule has 100 valence electrons. The van der Waals surface area contributed by atoms with Gasteiger partial charge in [-0.05, 0) is 36.4 Å². The Morgan fingerprint density at radius 1 is 0.947 bits per heavy atom. The van der Waals surface area contributed by atoms with Crippen molar-refractivity contribution in [2.75, 3.05) is 5.43 Å². The zero-order chi connectivity index (χ0) is 13.9. The third kappa shape index (κ3) is 3.77. The van der Waals surface area contributed by atoms with Gasteiger partial charge in [0, 0.05) is 5.02 Å². The molecule has 0 atom stereocenters. The molecule has 9 heteroatoms. The molecule has 2 aromatic rings. The average Bonchev–Trinajstić information content (AvgIpc) is 2.39. The van der Waals surface area contributed by atoms with Crippen LogP contribution in [0.3, 0.4) is 0 Å². The van der Waals surface area contributed by atoms with E-state index in [1.165, 1.54) is 36.4 Å². The van der Waals surface area contributed by atoms with Crippen molar-refractivity contribution >= 4 is 39.0 Å². The molecule has 0 aliphatic rings. The number of halogens is 2. The number of hydrogen-bond donors (Lipinski definition) is 2. The summed E-state index contributed by atoms with van der Waals surface area (Å²) in [5.41, 5.74) is 2.42. The summed E-state index contributed by atoms with van der Waals surface area (Å²) in [5.74, 6) is 0.224. The highest BCUT2D eigenvalue weighted by Gasteiger charge is 2.13. The van der Waals surface area contributed by atoms with Crippen LogP contribution in [0, 0.1) is 0 Å². The van der Waals surface area contributed by atoms with Gasteiger partial charge in [0.25, 0.3) is 10.0 Å². The number of benzene rings is 1. The van der Waals surface area contributed by atoms with Crippen LogP contribution in [-0.4, -0.2) is 18.6 Å². The lowest BCUT2D eigenvalue weighted by molar-refractivity contribution is 0.587. The predicted molar refractivity (Wildman–Crippen MR) is 72.4 cm³/mol. The molecule has 0 saturated carbocycles. The van der Waals surface area contributed by atoms with E-state index < -0.39 is 10.0 Å². The number of rotatable bonds is 4. The molecule has 0 saturated heterocycles. The van der Waals surface area contributed by atoms with Crippen LogP contribution in [0.2, 0.25) is 10.2 Å². The van der Waals surface area contributed by atoms with E-state index in [1.807, 2.05) is 0 Å². The zero-order valence-corrected chi connectivity index (χ0v) is 11.7. The lowest BCUT2D eigenvalue weighted by Gasteiger charge is -2.08. The van der Waals surface area contributed by atoms with E-state index in [1.54, 1.807) is 0 Å². The monoisotopic (exact) mass is 318 g/mol. The van der Waals surface area contributed by atoms with Crippen molar-refractivity contribution in [1.29, 1.82) is 0 Å². The highest BCUT2D eigenvalue weighted by Crippen LogP contribution is 2.14. The number of hydrazine groups is 1. The van der Waals surface area contributed by atoms with E-state index in [2.05, 4.69) is 20.5 Å². The van der Waals surface area contributed by atoms with E-state index in [0.29, 0.717) is 5.02 Å². The van der Waals surface area contributed by atoms with Crippen molar-refractivity contribution in [2.45, 2.75) is 4.90 Å². The molecule has 0 spiro atoms. The Kier molecular flexibility index (Phi) is 4.20. The fraction of sp³-hybridized carbons (Fsp3) is 0. The minimum atomic E-state index is -3.71. The smallest absolute Gasteiger partial charge is 0.257 e. The van der Waals surface area contributed by atoms with E-state index in [0.717, 1.165) is 0 Å². The van der Waals surface area contributed by atoms with Crippen LogP contribution in [0.4, 0.5) is 5.82 Å². The second-order valence-corrected chi connectivity index (χ2v) is 5.93. The quantitative estimate of drug-likeness (QED) is 0.843. The first-order valence-corrected chi connectivity index (χ1v) is 7.24. The lowest BCUT2D eigenvalue weighted by atomic mass is 10.4. The van der Waals surface area contributed by atoms with Crippen LogP contribution < -0.4 is 10.3 Å². The molecule has 0 fully saturated rings. The Bertz CT molecular complexity index is 659. The fourth-order valence-corrected chi connectivity index (χ4v) is 2.25. The van der Waals surface area contributed by atoms with Gasteiger partial charge >= 0.3 is 0 Å². The molecule has 1 heterocycles. The molecule has 0 unspecified atom stereocenters. The van der Waals surface area contributed by atoms with Crippen LogP contribution in [0.25, 0.3) is 0 Å². The topological polar surface area (TPSA) is 84.0 Å². The van der Waals surface area contributed by atoms with Gasteiger partial charge in [-0.2, -0.15) is 0 Å². The van der Waals surface area contributed by atoms with Gasteiger partial charge in [-0.1, -0.05) is 23.2 Å². The Balaban J connectivity index is 2.09. The normalized spacial score (nSPS) is 11.3. The molecular weight excluding hydrogens is 311 g/mol. The standard InChI is InChI=1S/C10H8Cl2N4O2S/c11-7-1-3-8(4-2-7)19(17,18)16-15-10-6-5-9(12)13-14-10/h1-6,16H,(H,14,15). The van der Waals surface area contributed by atoms with Crippen molar-refractivity contribution in [2.24, 2.45) is 0 Å². The number of anilines is 1. The zero-order valence-electron chi connectivity index (χ0n) is 9.34. The Hall–Kier alpha value is -1.41. The number of aromatic nitrogens is 2. The van der Waals surface area contributed by atoms with Gasteiger partial charge in [0.15, 0.2) is 11.0 Å². The molecule has 0 aliphatic carbocycles. The Labute approximate surface area is 119 Å². The summed E-state index contributed by atoms with van der Waals surface area (Å²) in [7, 11) is -3.71. The highest BCUT2D eigenvalue weighted by atomic mass is 35.5. The maximum atomic E-state index is 11.9. The summed E-state index contributed by atoms with van der Waals surface area (Å²) in [4.78, 5) is 2.24. The highest BCUT2D eigenvalue weighted by molar-refractivity contribution is 7.89. The van der Waals surface area contributed by atoms with Crippen LogP contribution in [0.1, 0.15) is 0 Å². The summed E-state index contributed by atoms with van der Waals surface area (Å²) in [5, 5.41) is 7.88. The second kappa shape index (κ2) is 5.70. The molecule has 1 aromatic carbocycles. The molecule has 2 rings (SSSR count). The largest absolute Gasteiger partial charge is 0.290 e.